The van der Waals surface area contributed by atoms with E-state index in [-0.39, 0.29) is 23.4 Å². The van der Waals surface area contributed by atoms with Gasteiger partial charge in [-0.3, -0.25) is 0 Å². The van der Waals surface area contributed by atoms with Crippen LogP contribution >= 0.6 is 0 Å². The van der Waals surface area contributed by atoms with Crippen molar-refractivity contribution in [3.63, 3.8) is 0 Å². The predicted molar refractivity (Wildman–Crippen MR) is 70.6 cm³/mol. The monoisotopic (exact) mass is 313 g/mol. The molecular formula is C14H14F3N3O2. The second kappa shape index (κ2) is 6.05. The van der Waals surface area contributed by atoms with Crippen LogP contribution in [-0.2, 0) is 9.47 Å². The van der Waals surface area contributed by atoms with Crippen LogP contribution in [0, 0.1) is 17.5 Å². The molecule has 0 spiro atoms. The third kappa shape index (κ3) is 2.71. The van der Waals surface area contributed by atoms with Gasteiger partial charge in [-0.1, -0.05) is 5.21 Å². The van der Waals surface area contributed by atoms with Crippen LogP contribution in [0.15, 0.2) is 18.3 Å². The highest BCUT2D eigenvalue weighted by Crippen LogP contribution is 2.26. The Bertz CT molecular complexity index is 654. The lowest BCUT2D eigenvalue weighted by Crippen LogP contribution is -2.36. The molecule has 1 fully saturated rings. The van der Waals surface area contributed by atoms with E-state index in [0.29, 0.717) is 19.6 Å². The molecule has 1 aromatic carbocycles. The minimum atomic E-state index is -1.50. The van der Waals surface area contributed by atoms with Crippen molar-refractivity contribution >= 4 is 0 Å². The fraction of sp³-hybridized carbons (Fsp3) is 0.429. The molecule has 118 valence electrons. The van der Waals surface area contributed by atoms with Crippen LogP contribution in [0.5, 0.6) is 0 Å². The van der Waals surface area contributed by atoms with Crippen molar-refractivity contribution in [3.05, 3.63) is 35.8 Å². The molecule has 0 aliphatic carbocycles. The summed E-state index contributed by atoms with van der Waals surface area (Å²) in [5.41, 5.74) is 0.392. The number of halogens is 3. The minimum Gasteiger partial charge on any atom is -0.379 e. The van der Waals surface area contributed by atoms with Gasteiger partial charge in [-0.2, -0.15) is 0 Å². The molecule has 0 bridgehead atoms. The number of hydrogen-bond donors (Lipinski definition) is 0. The van der Waals surface area contributed by atoms with Crippen LogP contribution in [0.4, 0.5) is 13.2 Å². The summed E-state index contributed by atoms with van der Waals surface area (Å²) >= 11 is 0. The van der Waals surface area contributed by atoms with Crippen molar-refractivity contribution in [2.45, 2.75) is 18.6 Å². The van der Waals surface area contributed by atoms with Gasteiger partial charge >= 0.3 is 0 Å². The van der Waals surface area contributed by atoms with Crippen LogP contribution in [0.2, 0.25) is 0 Å². The van der Waals surface area contributed by atoms with Gasteiger partial charge in [0.15, 0.2) is 17.5 Å². The van der Waals surface area contributed by atoms with E-state index in [9.17, 15) is 13.2 Å². The summed E-state index contributed by atoms with van der Waals surface area (Å²) in [6, 6.07) is 1.71. The third-order valence-corrected chi connectivity index (χ3v) is 3.70. The second-order valence-electron chi connectivity index (χ2n) is 5.04. The summed E-state index contributed by atoms with van der Waals surface area (Å²) in [5, 5.41) is 7.89. The third-order valence-electron chi connectivity index (χ3n) is 3.70. The predicted octanol–water partition coefficient (Wildman–Crippen LogP) is 2.34. The summed E-state index contributed by atoms with van der Waals surface area (Å²) in [6.45, 7) is 1.01. The molecule has 2 heterocycles. The Morgan fingerprint density at radius 1 is 1.27 bits per heavy atom. The zero-order valence-electron chi connectivity index (χ0n) is 11.8. The molecule has 2 atom stereocenters. The number of hydrogen-bond acceptors (Lipinski definition) is 4. The number of rotatable bonds is 3. The molecule has 22 heavy (non-hydrogen) atoms. The minimum absolute atomic E-state index is 0.0739. The quantitative estimate of drug-likeness (QED) is 0.816. The maximum absolute atomic E-state index is 13.3. The van der Waals surface area contributed by atoms with Gasteiger partial charge in [0.2, 0.25) is 0 Å². The van der Waals surface area contributed by atoms with Gasteiger partial charge in [-0.15, -0.1) is 5.10 Å². The van der Waals surface area contributed by atoms with Crippen molar-refractivity contribution in [2.24, 2.45) is 0 Å². The van der Waals surface area contributed by atoms with E-state index >= 15 is 0 Å². The van der Waals surface area contributed by atoms with Crippen LogP contribution in [0.25, 0.3) is 11.3 Å². The van der Waals surface area contributed by atoms with Crippen molar-refractivity contribution in [2.75, 3.05) is 20.3 Å². The maximum atomic E-state index is 13.3. The Morgan fingerprint density at radius 2 is 2.00 bits per heavy atom. The first-order valence-corrected chi connectivity index (χ1v) is 6.77. The van der Waals surface area contributed by atoms with E-state index in [1.165, 1.54) is 0 Å². The molecule has 1 aromatic heterocycles. The van der Waals surface area contributed by atoms with Gasteiger partial charge in [0.1, 0.15) is 11.8 Å². The number of aromatic nitrogens is 3. The fourth-order valence-electron chi connectivity index (χ4n) is 2.50. The zero-order valence-corrected chi connectivity index (χ0v) is 11.8. The molecule has 0 radical (unpaired) electrons. The molecule has 3 rings (SSSR count). The summed E-state index contributed by atoms with van der Waals surface area (Å²) in [5.74, 6) is -4.02. The maximum Gasteiger partial charge on any atom is 0.194 e. The molecular weight excluding hydrogens is 299 g/mol. The molecule has 2 aromatic rings. The van der Waals surface area contributed by atoms with Crippen LogP contribution in [0.3, 0.4) is 0 Å². The Hall–Kier alpha value is -1.93. The number of nitrogens with zero attached hydrogens (tertiary/aromatic N) is 3. The molecule has 8 heteroatoms. The van der Waals surface area contributed by atoms with Crippen molar-refractivity contribution in [3.8, 4) is 11.3 Å². The molecule has 5 nitrogen and oxygen atoms in total. The average molecular weight is 313 g/mol. The van der Waals surface area contributed by atoms with Crippen molar-refractivity contribution in [1.82, 2.24) is 15.0 Å². The highest BCUT2D eigenvalue weighted by molar-refractivity contribution is 5.57. The molecule has 0 saturated carbocycles. The highest BCUT2D eigenvalue weighted by atomic mass is 19.2. The molecule has 1 aliphatic heterocycles. The molecule has 1 saturated heterocycles. The Balaban J connectivity index is 1.90. The summed E-state index contributed by atoms with van der Waals surface area (Å²) < 4.78 is 51.9. The molecule has 2 unspecified atom stereocenters. The van der Waals surface area contributed by atoms with E-state index in [2.05, 4.69) is 10.3 Å². The van der Waals surface area contributed by atoms with Gasteiger partial charge in [0.05, 0.1) is 18.8 Å². The lowest BCUT2D eigenvalue weighted by Gasteiger charge is -2.29. The number of ether oxygens (including phenoxy) is 2. The van der Waals surface area contributed by atoms with Gasteiger partial charge < -0.3 is 9.47 Å². The van der Waals surface area contributed by atoms with Gasteiger partial charge in [0.25, 0.3) is 0 Å². The van der Waals surface area contributed by atoms with Crippen LogP contribution < -0.4 is 0 Å². The van der Waals surface area contributed by atoms with Crippen LogP contribution in [-0.4, -0.2) is 41.4 Å². The lowest BCUT2D eigenvalue weighted by atomic mass is 10.1. The van der Waals surface area contributed by atoms with E-state index in [0.717, 1.165) is 12.1 Å². The second-order valence-corrected chi connectivity index (χ2v) is 5.04. The van der Waals surface area contributed by atoms with E-state index in [1.54, 1.807) is 18.0 Å². The standard InChI is InChI=1S/C14H14F3N3O2/c1-21-13-7-22-3-2-12(13)20-6-11(18-19-20)8-4-9(15)14(17)10(16)5-8/h4-6,12-13H,2-3,7H2,1H3. The van der Waals surface area contributed by atoms with Crippen molar-refractivity contribution in [1.29, 1.82) is 0 Å². The van der Waals surface area contributed by atoms with Gasteiger partial charge in [-0.05, 0) is 18.6 Å². The average Bonchev–Trinajstić information content (AvgIpc) is 3.02. The fourth-order valence-corrected chi connectivity index (χ4v) is 2.50. The SMILES string of the molecule is COC1COCCC1n1cc(-c2cc(F)c(F)c(F)c2)nn1. The first-order valence-electron chi connectivity index (χ1n) is 6.77. The first-order chi connectivity index (χ1) is 10.6. The zero-order chi connectivity index (χ0) is 15.7. The molecule has 0 N–H and O–H groups in total. The number of methoxy groups -OCH3 is 1. The van der Waals surface area contributed by atoms with E-state index in [4.69, 9.17) is 9.47 Å². The highest BCUT2D eigenvalue weighted by Gasteiger charge is 2.28. The van der Waals surface area contributed by atoms with E-state index in [1.807, 2.05) is 0 Å². The Morgan fingerprint density at radius 3 is 2.68 bits per heavy atom. The Labute approximate surface area is 124 Å². The molecule has 1 aliphatic rings. The van der Waals surface area contributed by atoms with E-state index < -0.39 is 17.5 Å². The Kier molecular flexibility index (Phi) is 4.12. The first kappa shape index (κ1) is 15.0. The smallest absolute Gasteiger partial charge is 0.194 e. The summed E-state index contributed by atoms with van der Waals surface area (Å²) in [6.07, 6.45) is 2.08. The molecule has 0 amide bonds. The summed E-state index contributed by atoms with van der Waals surface area (Å²) in [4.78, 5) is 0. The largest absolute Gasteiger partial charge is 0.379 e. The van der Waals surface area contributed by atoms with Crippen molar-refractivity contribution < 1.29 is 22.6 Å². The summed E-state index contributed by atoms with van der Waals surface area (Å²) in [7, 11) is 1.58. The normalized spacial score (nSPS) is 22.0. The topological polar surface area (TPSA) is 49.2 Å². The van der Waals surface area contributed by atoms with Crippen LogP contribution in [0.1, 0.15) is 12.5 Å². The van der Waals surface area contributed by atoms with Gasteiger partial charge in [0, 0.05) is 19.3 Å². The number of benzene rings is 1. The van der Waals surface area contributed by atoms with Gasteiger partial charge in [-0.25, -0.2) is 17.9 Å². The lowest BCUT2D eigenvalue weighted by molar-refractivity contribution is -0.0633.